The van der Waals surface area contributed by atoms with Gasteiger partial charge in [-0.25, -0.2) is 0 Å². The van der Waals surface area contributed by atoms with Crippen molar-refractivity contribution in [2.45, 2.75) is 12.8 Å². The minimum Gasteiger partial charge on any atom is -0.465 e. The molecule has 0 aliphatic heterocycles. The molecular weight excluding hydrogens is 376 g/mol. The van der Waals surface area contributed by atoms with Crippen molar-refractivity contribution < 1.29 is 4.74 Å². The summed E-state index contributed by atoms with van der Waals surface area (Å²) in [7, 11) is 0. The molecule has 4 aromatic rings. The molecule has 0 atom stereocenters. The van der Waals surface area contributed by atoms with Gasteiger partial charge in [-0.3, -0.25) is 0 Å². The maximum Gasteiger partial charge on any atom is 0.109 e. The topological polar surface area (TPSA) is 9.23 Å². The van der Waals surface area contributed by atoms with Crippen molar-refractivity contribution in [1.29, 1.82) is 0 Å². The fraction of sp³-hybridized carbons (Fsp3) is 0.0667. The number of benzene rings is 4. The Bertz CT molecular complexity index is 1020. The van der Waals surface area contributed by atoms with Gasteiger partial charge in [-0.2, -0.15) is 0 Å². The van der Waals surface area contributed by atoms with Gasteiger partial charge in [0.05, 0.1) is 0 Å². The maximum absolute atomic E-state index is 6.59. The van der Waals surface area contributed by atoms with Gasteiger partial charge in [0.25, 0.3) is 0 Å². The first kappa shape index (κ1) is 20.4. The van der Waals surface area contributed by atoms with Crippen LogP contribution in [0.4, 0.5) is 0 Å². The fourth-order valence-electron chi connectivity index (χ4n) is 3.47. The molecule has 4 aromatic carbocycles. The molecule has 0 fully saturated rings. The summed E-state index contributed by atoms with van der Waals surface area (Å²) in [6, 6.07) is 41.6. The summed E-state index contributed by atoms with van der Waals surface area (Å²) >= 11 is 0. The van der Waals surface area contributed by atoms with Crippen LogP contribution in [0, 0.1) is 0 Å². The van der Waals surface area contributed by atoms with E-state index in [1.807, 2.05) is 24.3 Å². The summed E-state index contributed by atoms with van der Waals surface area (Å²) in [5, 5.41) is 0. The number of allylic oxidation sites excluding steroid dienone is 2. The van der Waals surface area contributed by atoms with Gasteiger partial charge in [0.2, 0.25) is 0 Å². The molecular formula is C30H26O. The first-order valence-electron chi connectivity index (χ1n) is 10.6. The molecule has 0 aliphatic carbocycles. The molecule has 1 heteroatoms. The largest absolute Gasteiger partial charge is 0.465 e. The van der Waals surface area contributed by atoms with E-state index >= 15 is 0 Å². The molecule has 1 nitrogen and oxygen atoms in total. The summed E-state index contributed by atoms with van der Waals surface area (Å²) in [6.07, 6.45) is 5.74. The highest BCUT2D eigenvalue weighted by Gasteiger charge is 2.08. The fourth-order valence-corrected chi connectivity index (χ4v) is 3.47. The highest BCUT2D eigenvalue weighted by atomic mass is 16.5. The van der Waals surface area contributed by atoms with Gasteiger partial charge in [0.1, 0.15) is 11.5 Å². The van der Waals surface area contributed by atoms with E-state index in [4.69, 9.17) is 4.74 Å². The van der Waals surface area contributed by atoms with Crippen molar-refractivity contribution in [3.63, 3.8) is 0 Å². The molecule has 0 radical (unpaired) electrons. The Morgan fingerprint density at radius 1 is 0.452 bits per heavy atom. The van der Waals surface area contributed by atoms with Crippen LogP contribution in [0.3, 0.4) is 0 Å². The summed E-state index contributed by atoms with van der Waals surface area (Å²) < 4.78 is 6.59. The van der Waals surface area contributed by atoms with E-state index in [2.05, 4.69) is 109 Å². The molecule has 0 bridgehead atoms. The van der Waals surface area contributed by atoms with Gasteiger partial charge in [-0.15, -0.1) is 0 Å². The van der Waals surface area contributed by atoms with E-state index in [0.717, 1.165) is 35.5 Å². The van der Waals surface area contributed by atoms with Gasteiger partial charge >= 0.3 is 0 Å². The molecule has 0 aliphatic rings. The van der Waals surface area contributed by atoms with Crippen molar-refractivity contribution in [2.24, 2.45) is 0 Å². The molecule has 0 N–H and O–H groups in total. The smallest absolute Gasteiger partial charge is 0.109 e. The number of ether oxygens (including phenoxy) is 1. The normalized spacial score (nSPS) is 11.9. The third-order valence-corrected chi connectivity index (χ3v) is 4.96. The van der Waals surface area contributed by atoms with Crippen LogP contribution >= 0.6 is 0 Å². The molecule has 4 rings (SSSR count). The lowest BCUT2D eigenvalue weighted by molar-refractivity contribution is 0.296. The van der Waals surface area contributed by atoms with Crippen LogP contribution in [0.1, 0.15) is 22.3 Å². The van der Waals surface area contributed by atoms with Crippen LogP contribution in [0.25, 0.3) is 12.2 Å². The van der Waals surface area contributed by atoms with E-state index in [9.17, 15) is 0 Å². The second-order valence-corrected chi connectivity index (χ2v) is 7.47. The average molecular weight is 403 g/mol. The summed E-state index contributed by atoms with van der Waals surface area (Å²) in [5.74, 6) is 1.85. The minimum atomic E-state index is 0.733. The monoisotopic (exact) mass is 402 g/mol. The summed E-state index contributed by atoms with van der Waals surface area (Å²) in [5.41, 5.74) is 4.71. The van der Waals surface area contributed by atoms with Crippen molar-refractivity contribution in [3.8, 4) is 0 Å². The minimum absolute atomic E-state index is 0.733. The highest BCUT2D eigenvalue weighted by molar-refractivity contribution is 5.55. The third-order valence-electron chi connectivity index (χ3n) is 4.96. The molecule has 152 valence electrons. The SMILES string of the molecule is C(=C(/Cc1ccccc1)O/C(=C/c1ccccc1)Cc1ccccc1)/c1ccccc1. The zero-order valence-electron chi connectivity index (χ0n) is 17.5. The van der Waals surface area contributed by atoms with Gasteiger partial charge in [-0.1, -0.05) is 121 Å². The van der Waals surface area contributed by atoms with Crippen molar-refractivity contribution in [3.05, 3.63) is 155 Å². The summed E-state index contributed by atoms with van der Waals surface area (Å²) in [6.45, 7) is 0. The van der Waals surface area contributed by atoms with E-state index in [0.29, 0.717) is 0 Å². The van der Waals surface area contributed by atoms with Crippen molar-refractivity contribution >= 4 is 12.2 Å². The molecule has 0 amide bonds. The first-order valence-corrected chi connectivity index (χ1v) is 10.6. The van der Waals surface area contributed by atoms with Crippen LogP contribution in [0.15, 0.2) is 133 Å². The molecule has 0 spiro atoms. The number of hydrogen-bond donors (Lipinski definition) is 0. The predicted molar refractivity (Wildman–Crippen MR) is 130 cm³/mol. The Morgan fingerprint density at radius 2 is 0.774 bits per heavy atom. The Hall–Kier alpha value is -3.84. The van der Waals surface area contributed by atoms with Gasteiger partial charge in [-0.05, 0) is 34.4 Å². The lowest BCUT2D eigenvalue weighted by atomic mass is 10.1. The quantitative estimate of drug-likeness (QED) is 0.276. The lowest BCUT2D eigenvalue weighted by Gasteiger charge is -2.15. The van der Waals surface area contributed by atoms with E-state index < -0.39 is 0 Å². The molecule has 0 heterocycles. The first-order chi connectivity index (χ1) is 15.3. The standard InChI is InChI=1S/C30H26O/c1-5-13-25(14-6-1)21-29(22-26-15-7-2-8-16-26)31-30(23-27-17-9-3-10-18-27)24-28-19-11-4-12-20-28/h1-21,23H,22,24H2/b29-21+,30-23+. The van der Waals surface area contributed by atoms with E-state index in [1.54, 1.807) is 0 Å². The van der Waals surface area contributed by atoms with E-state index in [-0.39, 0.29) is 0 Å². The van der Waals surface area contributed by atoms with Crippen LogP contribution in [0.2, 0.25) is 0 Å². The van der Waals surface area contributed by atoms with Crippen LogP contribution in [0.5, 0.6) is 0 Å². The molecule has 0 saturated heterocycles. The van der Waals surface area contributed by atoms with Crippen molar-refractivity contribution in [2.75, 3.05) is 0 Å². The van der Waals surface area contributed by atoms with Gasteiger partial charge in [0, 0.05) is 12.8 Å². The second-order valence-electron chi connectivity index (χ2n) is 7.47. The molecule has 0 saturated carbocycles. The van der Waals surface area contributed by atoms with Crippen LogP contribution < -0.4 is 0 Å². The van der Waals surface area contributed by atoms with Crippen molar-refractivity contribution in [1.82, 2.24) is 0 Å². The van der Waals surface area contributed by atoms with Gasteiger partial charge < -0.3 is 4.74 Å². The Kier molecular flexibility index (Phi) is 7.12. The number of rotatable bonds is 8. The predicted octanol–water partition coefficient (Wildman–Crippen LogP) is 7.57. The Balaban J connectivity index is 1.67. The zero-order chi connectivity index (χ0) is 21.1. The molecule has 0 unspecified atom stereocenters. The molecule has 0 aromatic heterocycles. The summed E-state index contributed by atoms with van der Waals surface area (Å²) in [4.78, 5) is 0. The van der Waals surface area contributed by atoms with Crippen LogP contribution in [-0.4, -0.2) is 0 Å². The second kappa shape index (κ2) is 10.8. The maximum atomic E-state index is 6.59. The highest BCUT2D eigenvalue weighted by Crippen LogP contribution is 2.22. The Labute approximate surface area is 185 Å². The molecule has 31 heavy (non-hydrogen) atoms. The van der Waals surface area contributed by atoms with E-state index in [1.165, 1.54) is 11.1 Å². The third kappa shape index (κ3) is 6.58. The average Bonchev–Trinajstić information content (AvgIpc) is 2.82. The number of hydrogen-bond acceptors (Lipinski definition) is 1. The van der Waals surface area contributed by atoms with Gasteiger partial charge in [0.15, 0.2) is 0 Å². The van der Waals surface area contributed by atoms with Crippen LogP contribution in [-0.2, 0) is 17.6 Å². The Morgan fingerprint density at radius 3 is 1.13 bits per heavy atom. The lowest BCUT2D eigenvalue weighted by Crippen LogP contribution is -2.01. The zero-order valence-corrected chi connectivity index (χ0v) is 17.5.